The fraction of sp³-hybridized carbons (Fsp3) is 0.375. The summed E-state index contributed by atoms with van der Waals surface area (Å²) in [7, 11) is 0. The Labute approximate surface area is 124 Å². The molecule has 0 aliphatic heterocycles. The van der Waals surface area contributed by atoms with Crippen LogP contribution in [0.25, 0.3) is 0 Å². The molecule has 0 bridgehead atoms. The monoisotopic (exact) mass is 288 g/mol. The van der Waals surface area contributed by atoms with E-state index in [9.17, 15) is 9.90 Å². The molecule has 5 heteroatoms. The van der Waals surface area contributed by atoms with Gasteiger partial charge < -0.3 is 14.9 Å². The predicted octanol–water partition coefficient (Wildman–Crippen LogP) is 2.03. The first kappa shape index (κ1) is 15.3. The first-order valence-corrected chi connectivity index (χ1v) is 6.92. The molecule has 0 aliphatic carbocycles. The molecule has 2 aromatic rings. The molecule has 0 saturated carbocycles. The maximum Gasteiger partial charge on any atom is 0.273 e. The van der Waals surface area contributed by atoms with E-state index in [1.807, 2.05) is 37.3 Å². The van der Waals surface area contributed by atoms with Crippen LogP contribution in [0.2, 0.25) is 0 Å². The maximum absolute atomic E-state index is 11.9. The molecule has 1 aromatic heterocycles. The summed E-state index contributed by atoms with van der Waals surface area (Å²) in [5.41, 5.74) is 0.903. The van der Waals surface area contributed by atoms with Gasteiger partial charge in [-0.25, -0.2) is 0 Å². The summed E-state index contributed by atoms with van der Waals surface area (Å²) in [5, 5.41) is 16.5. The Hall–Kier alpha value is -2.14. The standard InChI is InChI=1S/C16H20N2O3/c1-12(19)16(2,10-13-6-4-3-5-7-13)11-17-15(20)14-8-9-21-18-14/h3-9,12,19H,10-11H2,1-2H3,(H,17,20)/t12-,16-/m0/s1. The van der Waals surface area contributed by atoms with Crippen molar-refractivity contribution in [1.29, 1.82) is 0 Å². The third kappa shape index (κ3) is 3.92. The zero-order valence-corrected chi connectivity index (χ0v) is 12.2. The highest BCUT2D eigenvalue weighted by Crippen LogP contribution is 2.26. The van der Waals surface area contributed by atoms with Crippen LogP contribution in [0.1, 0.15) is 29.9 Å². The summed E-state index contributed by atoms with van der Waals surface area (Å²) in [5.74, 6) is -0.302. The fourth-order valence-corrected chi connectivity index (χ4v) is 2.12. The van der Waals surface area contributed by atoms with Crippen LogP contribution in [0, 0.1) is 5.41 Å². The Kier molecular flexibility index (Phi) is 4.75. The van der Waals surface area contributed by atoms with Gasteiger partial charge in [-0.15, -0.1) is 0 Å². The van der Waals surface area contributed by atoms with Gasteiger partial charge in [0.15, 0.2) is 5.69 Å². The van der Waals surface area contributed by atoms with E-state index in [1.165, 1.54) is 12.3 Å². The van der Waals surface area contributed by atoms with Gasteiger partial charge in [-0.05, 0) is 18.9 Å². The maximum atomic E-state index is 11.9. The highest BCUT2D eigenvalue weighted by atomic mass is 16.5. The molecule has 2 N–H and O–H groups in total. The molecule has 0 unspecified atom stereocenters. The summed E-state index contributed by atoms with van der Waals surface area (Å²) in [6, 6.07) is 11.4. The van der Waals surface area contributed by atoms with Gasteiger partial charge in [0.2, 0.25) is 0 Å². The SMILES string of the molecule is C[C@H](O)[C@](C)(CNC(=O)c1ccon1)Cc1ccccc1. The molecule has 2 atom stereocenters. The van der Waals surface area contributed by atoms with Crippen molar-refractivity contribution in [2.24, 2.45) is 5.41 Å². The van der Waals surface area contributed by atoms with E-state index >= 15 is 0 Å². The predicted molar refractivity (Wildman–Crippen MR) is 78.8 cm³/mol. The summed E-state index contributed by atoms with van der Waals surface area (Å²) in [6.45, 7) is 4.05. The van der Waals surface area contributed by atoms with Crippen LogP contribution in [0.15, 0.2) is 47.2 Å². The Balaban J connectivity index is 2.03. The molecule has 5 nitrogen and oxygen atoms in total. The van der Waals surface area contributed by atoms with E-state index in [0.29, 0.717) is 13.0 Å². The lowest BCUT2D eigenvalue weighted by Gasteiger charge is -2.33. The van der Waals surface area contributed by atoms with E-state index in [2.05, 4.69) is 15.0 Å². The number of carbonyl (C=O) groups is 1. The molecule has 21 heavy (non-hydrogen) atoms. The summed E-state index contributed by atoms with van der Waals surface area (Å²) in [6.07, 6.45) is 1.47. The Morgan fingerprint density at radius 1 is 1.38 bits per heavy atom. The van der Waals surface area contributed by atoms with Crippen molar-refractivity contribution in [3.63, 3.8) is 0 Å². The van der Waals surface area contributed by atoms with Crippen molar-refractivity contribution in [3.8, 4) is 0 Å². The van der Waals surface area contributed by atoms with Gasteiger partial charge in [0.05, 0.1) is 6.10 Å². The van der Waals surface area contributed by atoms with Crippen LogP contribution in [-0.4, -0.2) is 28.8 Å². The minimum Gasteiger partial charge on any atom is -0.393 e. The smallest absolute Gasteiger partial charge is 0.273 e. The summed E-state index contributed by atoms with van der Waals surface area (Å²) >= 11 is 0. The van der Waals surface area contributed by atoms with Crippen LogP contribution < -0.4 is 5.32 Å². The third-order valence-corrected chi connectivity index (χ3v) is 3.78. The molecule has 0 fully saturated rings. The number of benzene rings is 1. The van der Waals surface area contributed by atoms with Crippen LogP contribution in [0.5, 0.6) is 0 Å². The molecule has 2 rings (SSSR count). The zero-order valence-electron chi connectivity index (χ0n) is 12.2. The molecule has 0 saturated heterocycles. The fourth-order valence-electron chi connectivity index (χ4n) is 2.12. The third-order valence-electron chi connectivity index (χ3n) is 3.78. The summed E-state index contributed by atoms with van der Waals surface area (Å²) < 4.78 is 4.65. The molecule has 1 aromatic carbocycles. The number of carbonyl (C=O) groups excluding carboxylic acids is 1. The Morgan fingerprint density at radius 2 is 2.10 bits per heavy atom. The van der Waals surface area contributed by atoms with E-state index in [0.717, 1.165) is 5.56 Å². The second kappa shape index (κ2) is 6.54. The number of nitrogens with zero attached hydrogens (tertiary/aromatic N) is 1. The van der Waals surface area contributed by atoms with Gasteiger partial charge in [0, 0.05) is 18.0 Å². The molecule has 112 valence electrons. The average molecular weight is 288 g/mol. The van der Waals surface area contributed by atoms with E-state index in [-0.39, 0.29) is 11.6 Å². The number of rotatable bonds is 6. The minimum absolute atomic E-state index is 0.239. The van der Waals surface area contributed by atoms with Crippen molar-refractivity contribution in [3.05, 3.63) is 53.9 Å². The first-order valence-electron chi connectivity index (χ1n) is 6.92. The molecule has 0 radical (unpaired) electrons. The lowest BCUT2D eigenvalue weighted by molar-refractivity contribution is 0.0499. The lowest BCUT2D eigenvalue weighted by atomic mass is 9.79. The Morgan fingerprint density at radius 3 is 2.67 bits per heavy atom. The molecular weight excluding hydrogens is 268 g/mol. The van der Waals surface area contributed by atoms with Crippen molar-refractivity contribution >= 4 is 5.91 Å². The number of aromatic nitrogens is 1. The zero-order chi connectivity index (χ0) is 15.3. The first-order chi connectivity index (χ1) is 10.0. The van der Waals surface area contributed by atoms with Crippen LogP contribution in [-0.2, 0) is 6.42 Å². The van der Waals surface area contributed by atoms with E-state index in [1.54, 1.807) is 6.92 Å². The van der Waals surface area contributed by atoms with Crippen molar-refractivity contribution in [2.45, 2.75) is 26.4 Å². The second-order valence-electron chi connectivity index (χ2n) is 5.56. The van der Waals surface area contributed by atoms with E-state index in [4.69, 9.17) is 0 Å². The van der Waals surface area contributed by atoms with Gasteiger partial charge in [-0.3, -0.25) is 4.79 Å². The van der Waals surface area contributed by atoms with Crippen LogP contribution in [0.3, 0.4) is 0 Å². The lowest BCUT2D eigenvalue weighted by Crippen LogP contribution is -2.43. The van der Waals surface area contributed by atoms with Crippen molar-refractivity contribution in [1.82, 2.24) is 10.5 Å². The number of hydrogen-bond donors (Lipinski definition) is 2. The quantitative estimate of drug-likeness (QED) is 0.853. The molecule has 1 amide bonds. The molecular formula is C16H20N2O3. The Bertz CT molecular complexity index is 566. The van der Waals surface area contributed by atoms with Crippen LogP contribution in [0.4, 0.5) is 0 Å². The molecule has 0 spiro atoms. The minimum atomic E-state index is -0.560. The molecule has 1 heterocycles. The highest BCUT2D eigenvalue weighted by Gasteiger charge is 2.31. The topological polar surface area (TPSA) is 75.4 Å². The van der Waals surface area contributed by atoms with Crippen LogP contribution >= 0.6 is 0 Å². The van der Waals surface area contributed by atoms with Crippen molar-refractivity contribution < 1.29 is 14.4 Å². The number of aliphatic hydroxyl groups is 1. The second-order valence-corrected chi connectivity index (χ2v) is 5.56. The van der Waals surface area contributed by atoms with Gasteiger partial charge in [0.25, 0.3) is 5.91 Å². The van der Waals surface area contributed by atoms with E-state index < -0.39 is 11.5 Å². The number of nitrogens with one attached hydrogen (secondary N) is 1. The largest absolute Gasteiger partial charge is 0.393 e. The highest BCUT2D eigenvalue weighted by molar-refractivity contribution is 5.91. The number of hydrogen-bond acceptors (Lipinski definition) is 4. The van der Waals surface area contributed by atoms with Gasteiger partial charge in [-0.1, -0.05) is 42.4 Å². The van der Waals surface area contributed by atoms with Gasteiger partial charge in [0.1, 0.15) is 6.26 Å². The summed E-state index contributed by atoms with van der Waals surface area (Å²) in [4.78, 5) is 11.9. The molecule has 0 aliphatic rings. The number of aliphatic hydroxyl groups excluding tert-OH is 1. The van der Waals surface area contributed by atoms with Crippen molar-refractivity contribution in [2.75, 3.05) is 6.54 Å². The average Bonchev–Trinajstić information content (AvgIpc) is 3.00. The number of amides is 1. The van der Waals surface area contributed by atoms with Gasteiger partial charge in [-0.2, -0.15) is 0 Å². The normalized spacial score (nSPS) is 15.2. The van der Waals surface area contributed by atoms with Gasteiger partial charge >= 0.3 is 0 Å².